The van der Waals surface area contributed by atoms with Gasteiger partial charge in [0.15, 0.2) is 5.13 Å². The van der Waals surface area contributed by atoms with Crippen molar-refractivity contribution in [1.29, 1.82) is 0 Å². The number of hydrogen-bond acceptors (Lipinski definition) is 6. The Morgan fingerprint density at radius 2 is 2.19 bits per heavy atom. The Hall–Kier alpha value is -2.25. The van der Waals surface area contributed by atoms with Crippen LogP contribution in [0.1, 0.15) is 42.0 Å². The van der Waals surface area contributed by atoms with Crippen molar-refractivity contribution in [3.8, 4) is 17.0 Å². The Morgan fingerprint density at radius 1 is 1.37 bits per heavy atom. The molecule has 1 aliphatic rings. The number of phenolic OH excluding ortho intramolecular Hbond substituents is 1. The number of furan rings is 1. The molecule has 1 aliphatic heterocycles. The normalized spacial score (nSPS) is 17.3. The molecule has 27 heavy (non-hydrogen) atoms. The summed E-state index contributed by atoms with van der Waals surface area (Å²) in [7, 11) is 0. The van der Waals surface area contributed by atoms with E-state index in [2.05, 4.69) is 13.8 Å². The highest BCUT2D eigenvalue weighted by molar-refractivity contribution is 8.00. The minimum atomic E-state index is -0.182. The number of amides is 1. The van der Waals surface area contributed by atoms with Gasteiger partial charge >= 0.3 is 0 Å². The van der Waals surface area contributed by atoms with Crippen LogP contribution < -0.4 is 4.90 Å². The van der Waals surface area contributed by atoms with Crippen LogP contribution in [0.3, 0.4) is 0 Å². The molecular formula is C20H20N2O3S2. The van der Waals surface area contributed by atoms with E-state index in [1.807, 2.05) is 30.5 Å². The number of carbonyl (C=O) groups is 1. The third-order valence-electron chi connectivity index (χ3n) is 4.62. The highest BCUT2D eigenvalue weighted by Crippen LogP contribution is 2.44. The van der Waals surface area contributed by atoms with E-state index in [1.165, 1.54) is 11.3 Å². The zero-order valence-corrected chi connectivity index (χ0v) is 16.9. The van der Waals surface area contributed by atoms with Crippen molar-refractivity contribution < 1.29 is 14.3 Å². The Bertz CT molecular complexity index is 979. The first-order valence-corrected chi connectivity index (χ1v) is 10.6. The summed E-state index contributed by atoms with van der Waals surface area (Å²) < 4.78 is 5.52. The smallest absolute Gasteiger partial charge is 0.240 e. The molecule has 4 rings (SSSR count). The number of anilines is 1. The van der Waals surface area contributed by atoms with E-state index in [1.54, 1.807) is 29.0 Å². The lowest BCUT2D eigenvalue weighted by Crippen LogP contribution is -2.27. The van der Waals surface area contributed by atoms with Crippen molar-refractivity contribution in [3.05, 3.63) is 52.8 Å². The van der Waals surface area contributed by atoms with Gasteiger partial charge < -0.3 is 9.52 Å². The Balaban J connectivity index is 1.72. The van der Waals surface area contributed by atoms with Gasteiger partial charge in [0.2, 0.25) is 5.91 Å². The number of phenols is 1. The van der Waals surface area contributed by atoms with E-state index in [0.717, 1.165) is 28.1 Å². The summed E-state index contributed by atoms with van der Waals surface area (Å²) in [6, 6.07) is 7.50. The lowest BCUT2D eigenvalue weighted by atomic mass is 9.95. The van der Waals surface area contributed by atoms with Crippen LogP contribution in [0, 0.1) is 6.92 Å². The van der Waals surface area contributed by atoms with Crippen molar-refractivity contribution in [2.75, 3.05) is 10.7 Å². The number of nitrogens with zero attached hydrogens (tertiary/aromatic N) is 2. The predicted octanol–water partition coefficient (Wildman–Crippen LogP) is 5.32. The van der Waals surface area contributed by atoms with Gasteiger partial charge in [-0.05, 0) is 48.2 Å². The summed E-state index contributed by atoms with van der Waals surface area (Å²) in [6.45, 7) is 6.06. The molecule has 1 unspecified atom stereocenters. The molecule has 0 aliphatic carbocycles. The quantitative estimate of drug-likeness (QED) is 0.642. The van der Waals surface area contributed by atoms with E-state index >= 15 is 0 Å². The molecular weight excluding hydrogens is 380 g/mol. The van der Waals surface area contributed by atoms with Gasteiger partial charge in [-0.3, -0.25) is 9.69 Å². The minimum absolute atomic E-state index is 0.0348. The maximum Gasteiger partial charge on any atom is 0.240 e. The lowest BCUT2D eigenvalue weighted by molar-refractivity contribution is -0.115. The van der Waals surface area contributed by atoms with Gasteiger partial charge in [0, 0.05) is 10.9 Å². The van der Waals surface area contributed by atoms with E-state index in [4.69, 9.17) is 9.40 Å². The van der Waals surface area contributed by atoms with Crippen LogP contribution in [0.25, 0.3) is 11.3 Å². The summed E-state index contributed by atoms with van der Waals surface area (Å²) in [5, 5.41) is 12.7. The van der Waals surface area contributed by atoms with Gasteiger partial charge in [-0.2, -0.15) is 0 Å². The molecule has 3 aromatic rings. The average molecular weight is 401 g/mol. The van der Waals surface area contributed by atoms with Crippen LogP contribution in [-0.4, -0.2) is 21.8 Å². The number of hydrogen-bond donors (Lipinski definition) is 1. The van der Waals surface area contributed by atoms with Crippen LogP contribution in [0.15, 0.2) is 40.3 Å². The van der Waals surface area contributed by atoms with Crippen molar-refractivity contribution >= 4 is 34.1 Å². The number of aromatic nitrogens is 1. The van der Waals surface area contributed by atoms with E-state index in [9.17, 15) is 9.90 Å². The fourth-order valence-electron chi connectivity index (χ4n) is 3.22. The van der Waals surface area contributed by atoms with Gasteiger partial charge in [-0.15, -0.1) is 23.1 Å². The summed E-state index contributed by atoms with van der Waals surface area (Å²) >= 11 is 2.99. The topological polar surface area (TPSA) is 66.6 Å². The number of carbonyl (C=O) groups excluding carboxylic acids is 1. The molecule has 1 saturated heterocycles. The zero-order chi connectivity index (χ0) is 19.1. The van der Waals surface area contributed by atoms with Crippen molar-refractivity contribution in [3.63, 3.8) is 0 Å². The lowest BCUT2D eigenvalue weighted by Gasteiger charge is -2.19. The van der Waals surface area contributed by atoms with Gasteiger partial charge in [0.05, 0.1) is 17.7 Å². The van der Waals surface area contributed by atoms with Gasteiger partial charge in [-0.25, -0.2) is 4.98 Å². The molecule has 7 heteroatoms. The molecule has 1 amide bonds. The molecule has 1 atom stereocenters. The molecule has 140 valence electrons. The summed E-state index contributed by atoms with van der Waals surface area (Å²) in [5.41, 5.74) is 3.65. The van der Waals surface area contributed by atoms with Crippen LogP contribution in [0.2, 0.25) is 0 Å². The second-order valence-corrected chi connectivity index (χ2v) is 8.74. The van der Waals surface area contributed by atoms with E-state index in [0.29, 0.717) is 16.6 Å². The number of benzene rings is 1. The SMILES string of the molecule is Cc1cc(O)c(C(C)C)cc1-c1csc(N2C(=O)CSC2c2ccco2)n1. The monoisotopic (exact) mass is 400 g/mol. The van der Waals surface area contributed by atoms with Crippen molar-refractivity contribution in [2.24, 2.45) is 0 Å². The zero-order valence-electron chi connectivity index (χ0n) is 15.3. The van der Waals surface area contributed by atoms with Crippen LogP contribution in [-0.2, 0) is 4.79 Å². The minimum Gasteiger partial charge on any atom is -0.508 e. The van der Waals surface area contributed by atoms with Crippen LogP contribution in [0.4, 0.5) is 5.13 Å². The Kier molecular flexibility index (Phi) is 4.74. The van der Waals surface area contributed by atoms with E-state index < -0.39 is 0 Å². The Labute approximate surface area is 166 Å². The molecule has 0 spiro atoms. The summed E-state index contributed by atoms with van der Waals surface area (Å²) in [4.78, 5) is 18.9. The standard InChI is InChI=1S/C20H20N2O3S2/c1-11(2)13-8-14(12(3)7-16(13)23)15-9-27-20(21-15)22-18(24)10-26-19(22)17-5-4-6-25-17/h4-9,11,19,23H,10H2,1-3H3. The predicted molar refractivity (Wildman–Crippen MR) is 109 cm³/mol. The molecule has 0 bridgehead atoms. The average Bonchev–Trinajstić information content (AvgIpc) is 3.34. The second-order valence-electron chi connectivity index (χ2n) is 6.84. The van der Waals surface area contributed by atoms with Crippen molar-refractivity contribution in [1.82, 2.24) is 4.98 Å². The first kappa shape index (κ1) is 18.1. The molecule has 2 aromatic heterocycles. The first-order chi connectivity index (χ1) is 13.0. The third kappa shape index (κ3) is 3.26. The van der Waals surface area contributed by atoms with E-state index in [-0.39, 0.29) is 17.2 Å². The summed E-state index contributed by atoms with van der Waals surface area (Å²) in [5.74, 6) is 1.72. The highest BCUT2D eigenvalue weighted by atomic mass is 32.2. The molecule has 5 nitrogen and oxygen atoms in total. The second kappa shape index (κ2) is 7.05. The van der Waals surface area contributed by atoms with Gasteiger partial charge in [-0.1, -0.05) is 13.8 Å². The molecule has 1 aromatic carbocycles. The van der Waals surface area contributed by atoms with Crippen LogP contribution in [0.5, 0.6) is 5.75 Å². The maximum atomic E-state index is 12.5. The third-order valence-corrected chi connectivity index (χ3v) is 6.64. The number of aromatic hydroxyl groups is 1. The molecule has 0 radical (unpaired) electrons. The number of thiazole rings is 1. The van der Waals surface area contributed by atoms with Crippen LogP contribution >= 0.6 is 23.1 Å². The largest absolute Gasteiger partial charge is 0.508 e. The molecule has 1 N–H and O–H groups in total. The fourth-order valence-corrected chi connectivity index (χ4v) is 5.26. The molecule has 3 heterocycles. The van der Waals surface area contributed by atoms with Gasteiger partial charge in [0.1, 0.15) is 16.9 Å². The first-order valence-electron chi connectivity index (χ1n) is 8.72. The number of aryl methyl sites for hydroxylation is 1. The number of thioether (sulfide) groups is 1. The fraction of sp³-hybridized carbons (Fsp3) is 0.300. The highest BCUT2D eigenvalue weighted by Gasteiger charge is 2.37. The van der Waals surface area contributed by atoms with Gasteiger partial charge in [0.25, 0.3) is 0 Å². The maximum absolute atomic E-state index is 12.5. The molecule has 1 fully saturated rings. The summed E-state index contributed by atoms with van der Waals surface area (Å²) in [6.07, 6.45) is 1.62. The van der Waals surface area contributed by atoms with Crippen molar-refractivity contribution in [2.45, 2.75) is 32.1 Å². The molecule has 0 saturated carbocycles. The number of rotatable bonds is 4. The Morgan fingerprint density at radius 3 is 2.89 bits per heavy atom.